The molecule has 5 nitrogen and oxygen atoms in total. The zero-order valence-electron chi connectivity index (χ0n) is 7.74. The summed E-state index contributed by atoms with van der Waals surface area (Å²) in [4.78, 5) is 10.2. The van der Waals surface area contributed by atoms with Gasteiger partial charge in [0.05, 0.1) is 11.6 Å². The van der Waals surface area contributed by atoms with E-state index in [4.69, 9.17) is 5.21 Å². The second-order valence-electron chi connectivity index (χ2n) is 3.37. The first-order chi connectivity index (χ1) is 5.34. The van der Waals surface area contributed by atoms with E-state index >= 15 is 0 Å². The molecular formula is C7H14N2O3. The fraction of sp³-hybridized carbons (Fsp3) is 0.857. The van der Waals surface area contributed by atoms with Crippen molar-refractivity contribution in [1.82, 2.24) is 0 Å². The van der Waals surface area contributed by atoms with Crippen LogP contribution < -0.4 is 0 Å². The Labute approximate surface area is 71.2 Å². The molecule has 0 aliphatic heterocycles. The fourth-order valence-electron chi connectivity index (χ4n) is 0.756. The van der Waals surface area contributed by atoms with E-state index in [-0.39, 0.29) is 10.8 Å². The molecule has 0 amide bonds. The normalized spacial score (nSPS) is 15.8. The van der Waals surface area contributed by atoms with E-state index in [0.29, 0.717) is 5.71 Å². The third-order valence-electron chi connectivity index (χ3n) is 2.31. The van der Waals surface area contributed by atoms with Gasteiger partial charge in [-0.3, -0.25) is 10.1 Å². The van der Waals surface area contributed by atoms with Crippen LogP contribution in [0.2, 0.25) is 0 Å². The fourth-order valence-corrected chi connectivity index (χ4v) is 0.756. The summed E-state index contributed by atoms with van der Waals surface area (Å²) >= 11 is 0. The van der Waals surface area contributed by atoms with E-state index in [1.807, 2.05) is 0 Å². The number of hydrogen-bond donors (Lipinski definition) is 1. The summed E-state index contributed by atoms with van der Waals surface area (Å²) in [6.07, 6.45) is 0. The van der Waals surface area contributed by atoms with Gasteiger partial charge in [0.15, 0.2) is 0 Å². The monoisotopic (exact) mass is 174 g/mol. The molecule has 0 bridgehead atoms. The summed E-state index contributed by atoms with van der Waals surface area (Å²) in [5, 5.41) is 21.9. The van der Waals surface area contributed by atoms with Gasteiger partial charge in [0, 0.05) is 18.8 Å². The predicted molar refractivity (Wildman–Crippen MR) is 45.1 cm³/mol. The third-order valence-corrected chi connectivity index (χ3v) is 2.31. The average Bonchev–Trinajstić information content (AvgIpc) is 2.01. The van der Waals surface area contributed by atoms with Crippen LogP contribution in [-0.4, -0.2) is 21.4 Å². The second-order valence-corrected chi connectivity index (χ2v) is 3.37. The summed E-state index contributed by atoms with van der Waals surface area (Å²) in [6.45, 7) is 6.24. The van der Waals surface area contributed by atoms with Gasteiger partial charge in [-0.1, -0.05) is 12.1 Å². The highest BCUT2D eigenvalue weighted by molar-refractivity contribution is 5.84. The zero-order chi connectivity index (χ0) is 9.94. The molecule has 0 fully saturated rings. The number of nitrogens with zero attached hydrogens (tertiary/aromatic N) is 2. The molecule has 0 heterocycles. The summed E-state index contributed by atoms with van der Waals surface area (Å²) in [6, 6.07) is 0. The number of nitro groups is 1. The van der Waals surface area contributed by atoms with Gasteiger partial charge in [-0.2, -0.15) is 0 Å². The van der Waals surface area contributed by atoms with Crippen molar-refractivity contribution in [2.45, 2.75) is 33.2 Å². The lowest BCUT2D eigenvalue weighted by Crippen LogP contribution is -2.41. The first kappa shape index (κ1) is 10.9. The van der Waals surface area contributed by atoms with Gasteiger partial charge in [-0.25, -0.2) is 0 Å². The van der Waals surface area contributed by atoms with Crippen molar-refractivity contribution in [2.75, 3.05) is 0 Å². The van der Waals surface area contributed by atoms with Crippen LogP contribution in [0.1, 0.15) is 27.7 Å². The van der Waals surface area contributed by atoms with Crippen molar-refractivity contribution in [3.63, 3.8) is 0 Å². The summed E-state index contributed by atoms with van der Waals surface area (Å²) in [7, 11) is 0. The molecule has 0 radical (unpaired) electrons. The molecule has 12 heavy (non-hydrogen) atoms. The Morgan fingerprint density at radius 1 is 1.67 bits per heavy atom. The number of rotatable bonds is 3. The first-order valence-corrected chi connectivity index (χ1v) is 3.67. The summed E-state index contributed by atoms with van der Waals surface area (Å²) in [5.74, 6) is -0.377. The molecule has 0 aromatic heterocycles. The van der Waals surface area contributed by atoms with Crippen molar-refractivity contribution in [3.05, 3.63) is 10.1 Å². The minimum Gasteiger partial charge on any atom is -0.411 e. The molecule has 0 spiro atoms. The van der Waals surface area contributed by atoms with Crippen molar-refractivity contribution < 1.29 is 10.1 Å². The SMILES string of the molecule is C/C(=N\O)C(C)C(C)(C)[N+](=O)[O-]. The predicted octanol–water partition coefficient (Wildman–Crippen LogP) is 1.53. The van der Waals surface area contributed by atoms with E-state index in [0.717, 1.165) is 0 Å². The average molecular weight is 174 g/mol. The number of hydrogen-bond acceptors (Lipinski definition) is 4. The molecule has 1 N–H and O–H groups in total. The Morgan fingerprint density at radius 3 is 2.33 bits per heavy atom. The Morgan fingerprint density at radius 2 is 2.08 bits per heavy atom. The molecule has 70 valence electrons. The molecular weight excluding hydrogens is 160 g/mol. The van der Waals surface area contributed by atoms with Crippen LogP contribution in [0.15, 0.2) is 5.16 Å². The van der Waals surface area contributed by atoms with Crippen molar-refractivity contribution in [1.29, 1.82) is 0 Å². The van der Waals surface area contributed by atoms with Gasteiger partial charge in [0.25, 0.3) is 0 Å². The highest BCUT2D eigenvalue weighted by Gasteiger charge is 2.39. The highest BCUT2D eigenvalue weighted by Crippen LogP contribution is 2.21. The molecule has 0 rings (SSSR count). The topological polar surface area (TPSA) is 75.7 Å². The quantitative estimate of drug-likeness (QED) is 0.305. The molecule has 5 heteroatoms. The second kappa shape index (κ2) is 3.51. The standard InChI is InChI=1S/C7H14N2O3/c1-5(6(2)8-10)7(3,4)9(11)12/h5,10H,1-4H3/b8-6+. The van der Waals surface area contributed by atoms with E-state index in [9.17, 15) is 10.1 Å². The van der Waals surface area contributed by atoms with Gasteiger partial charge in [0.1, 0.15) is 0 Å². The minimum atomic E-state index is -1.09. The van der Waals surface area contributed by atoms with Crippen molar-refractivity contribution in [3.8, 4) is 0 Å². The summed E-state index contributed by atoms with van der Waals surface area (Å²) < 4.78 is 0. The van der Waals surface area contributed by atoms with Gasteiger partial charge < -0.3 is 5.21 Å². The van der Waals surface area contributed by atoms with E-state index in [2.05, 4.69) is 5.16 Å². The Hall–Kier alpha value is -1.13. The first-order valence-electron chi connectivity index (χ1n) is 3.67. The van der Waals surface area contributed by atoms with E-state index < -0.39 is 5.54 Å². The molecule has 0 saturated heterocycles. The Kier molecular flexibility index (Phi) is 3.18. The molecule has 1 atom stereocenters. The molecule has 1 unspecified atom stereocenters. The van der Waals surface area contributed by atoms with Gasteiger partial charge in [-0.15, -0.1) is 0 Å². The van der Waals surface area contributed by atoms with Crippen LogP contribution in [0.5, 0.6) is 0 Å². The Bertz CT molecular complexity index is 211. The highest BCUT2D eigenvalue weighted by atomic mass is 16.6. The van der Waals surface area contributed by atoms with Crippen LogP contribution in [0.3, 0.4) is 0 Å². The maximum atomic E-state index is 10.6. The van der Waals surface area contributed by atoms with E-state index in [1.165, 1.54) is 13.8 Å². The van der Waals surface area contributed by atoms with Crippen LogP contribution in [0.25, 0.3) is 0 Å². The molecule has 0 aliphatic carbocycles. The van der Waals surface area contributed by atoms with E-state index in [1.54, 1.807) is 13.8 Å². The Balaban J connectivity index is 4.68. The van der Waals surface area contributed by atoms with Gasteiger partial charge >= 0.3 is 0 Å². The van der Waals surface area contributed by atoms with Gasteiger partial charge in [-0.05, 0) is 6.92 Å². The van der Waals surface area contributed by atoms with Crippen LogP contribution in [0, 0.1) is 16.0 Å². The van der Waals surface area contributed by atoms with Crippen LogP contribution in [0.4, 0.5) is 0 Å². The molecule has 0 aromatic carbocycles. The third kappa shape index (κ3) is 1.93. The molecule has 0 aliphatic rings. The molecule has 0 aromatic rings. The lowest BCUT2D eigenvalue weighted by Gasteiger charge is -2.22. The zero-order valence-corrected chi connectivity index (χ0v) is 7.74. The smallest absolute Gasteiger partial charge is 0.224 e. The maximum absolute atomic E-state index is 10.6. The lowest BCUT2D eigenvalue weighted by atomic mass is 9.86. The van der Waals surface area contributed by atoms with Crippen molar-refractivity contribution in [2.24, 2.45) is 11.1 Å². The van der Waals surface area contributed by atoms with Crippen LogP contribution in [-0.2, 0) is 0 Å². The molecule has 0 saturated carbocycles. The van der Waals surface area contributed by atoms with Crippen LogP contribution >= 0.6 is 0 Å². The minimum absolute atomic E-state index is 0.369. The largest absolute Gasteiger partial charge is 0.411 e. The van der Waals surface area contributed by atoms with Gasteiger partial charge in [0.2, 0.25) is 5.54 Å². The summed E-state index contributed by atoms with van der Waals surface area (Å²) in [5.41, 5.74) is -0.715. The maximum Gasteiger partial charge on any atom is 0.224 e. The van der Waals surface area contributed by atoms with Crippen molar-refractivity contribution >= 4 is 5.71 Å². The lowest BCUT2D eigenvalue weighted by molar-refractivity contribution is -0.566. The number of oxime groups is 1.